The molecular formula is C12H14FNO2. The lowest BCUT2D eigenvalue weighted by molar-refractivity contribution is 0.0696. The SMILES string of the molecule is CC1(C)CN(c2ccc(C(=O)O)cc2F)C1. The minimum Gasteiger partial charge on any atom is -0.478 e. The first-order valence-electron chi connectivity index (χ1n) is 5.17. The normalized spacial score (nSPS) is 18.1. The maximum atomic E-state index is 13.6. The summed E-state index contributed by atoms with van der Waals surface area (Å²) < 4.78 is 13.6. The summed E-state index contributed by atoms with van der Waals surface area (Å²) in [5, 5.41) is 8.71. The first kappa shape index (κ1) is 10.9. The first-order chi connectivity index (χ1) is 7.39. The van der Waals surface area contributed by atoms with Crippen LogP contribution in [0.1, 0.15) is 24.2 Å². The number of carboxylic acids is 1. The molecule has 1 heterocycles. The molecular weight excluding hydrogens is 209 g/mol. The highest BCUT2D eigenvalue weighted by atomic mass is 19.1. The lowest BCUT2D eigenvalue weighted by Gasteiger charge is -2.47. The molecule has 1 aromatic rings. The van der Waals surface area contributed by atoms with Crippen LogP contribution in [0.4, 0.5) is 10.1 Å². The predicted octanol–water partition coefficient (Wildman–Crippen LogP) is 2.37. The molecule has 1 N–H and O–H groups in total. The van der Waals surface area contributed by atoms with Gasteiger partial charge in [0.2, 0.25) is 0 Å². The van der Waals surface area contributed by atoms with E-state index in [1.165, 1.54) is 12.1 Å². The highest BCUT2D eigenvalue weighted by Gasteiger charge is 2.35. The number of hydrogen-bond acceptors (Lipinski definition) is 2. The summed E-state index contributed by atoms with van der Waals surface area (Å²) in [6, 6.07) is 4.04. The highest BCUT2D eigenvalue weighted by molar-refractivity contribution is 5.88. The molecule has 0 aliphatic carbocycles. The third-order valence-corrected chi connectivity index (χ3v) is 2.77. The van der Waals surface area contributed by atoms with Gasteiger partial charge in [-0.05, 0) is 23.6 Å². The molecule has 1 aliphatic heterocycles. The maximum Gasteiger partial charge on any atom is 0.335 e. The summed E-state index contributed by atoms with van der Waals surface area (Å²) in [5.41, 5.74) is 0.697. The van der Waals surface area contributed by atoms with Crippen LogP contribution in [0.2, 0.25) is 0 Å². The molecule has 2 rings (SSSR count). The summed E-state index contributed by atoms with van der Waals surface area (Å²) in [7, 11) is 0. The topological polar surface area (TPSA) is 40.5 Å². The molecule has 0 unspecified atom stereocenters. The molecule has 0 amide bonds. The summed E-state index contributed by atoms with van der Waals surface area (Å²) in [6.07, 6.45) is 0. The Kier molecular flexibility index (Phi) is 2.37. The Hall–Kier alpha value is -1.58. The molecule has 0 atom stereocenters. The smallest absolute Gasteiger partial charge is 0.335 e. The number of hydrogen-bond donors (Lipinski definition) is 1. The minimum absolute atomic E-state index is 0.0129. The summed E-state index contributed by atoms with van der Waals surface area (Å²) in [6.45, 7) is 5.84. The number of rotatable bonds is 2. The van der Waals surface area contributed by atoms with Crippen molar-refractivity contribution in [3.8, 4) is 0 Å². The molecule has 4 heteroatoms. The Morgan fingerprint density at radius 3 is 2.50 bits per heavy atom. The third kappa shape index (κ3) is 1.87. The van der Waals surface area contributed by atoms with Crippen LogP contribution in [-0.2, 0) is 0 Å². The van der Waals surface area contributed by atoms with Gasteiger partial charge in [-0.3, -0.25) is 0 Å². The average molecular weight is 223 g/mol. The number of halogens is 1. The molecule has 1 aromatic carbocycles. The van der Waals surface area contributed by atoms with Crippen LogP contribution >= 0.6 is 0 Å². The van der Waals surface area contributed by atoms with Crippen LogP contribution < -0.4 is 4.90 Å². The summed E-state index contributed by atoms with van der Waals surface area (Å²) in [5.74, 6) is -1.57. The van der Waals surface area contributed by atoms with Gasteiger partial charge < -0.3 is 10.0 Å². The molecule has 0 bridgehead atoms. The molecule has 86 valence electrons. The molecule has 1 saturated heterocycles. The second kappa shape index (κ2) is 3.47. The molecule has 0 aromatic heterocycles. The van der Waals surface area contributed by atoms with Gasteiger partial charge in [-0.1, -0.05) is 13.8 Å². The van der Waals surface area contributed by atoms with E-state index in [9.17, 15) is 9.18 Å². The van der Waals surface area contributed by atoms with E-state index in [1.54, 1.807) is 0 Å². The molecule has 1 fully saturated rings. The zero-order chi connectivity index (χ0) is 11.9. The Bertz CT molecular complexity index is 435. The number of carboxylic acid groups (broad SMARTS) is 1. The van der Waals surface area contributed by atoms with Crippen molar-refractivity contribution in [3.05, 3.63) is 29.6 Å². The van der Waals surface area contributed by atoms with Crippen molar-refractivity contribution in [2.24, 2.45) is 5.41 Å². The van der Waals surface area contributed by atoms with E-state index in [0.29, 0.717) is 5.69 Å². The standard InChI is InChI=1S/C12H14FNO2/c1-12(2)6-14(7-12)10-4-3-8(11(15)16)5-9(10)13/h3-5H,6-7H2,1-2H3,(H,15,16). The summed E-state index contributed by atoms with van der Waals surface area (Å²) >= 11 is 0. The fraction of sp³-hybridized carbons (Fsp3) is 0.417. The lowest BCUT2D eigenvalue weighted by Crippen LogP contribution is -2.53. The molecule has 3 nitrogen and oxygen atoms in total. The fourth-order valence-electron chi connectivity index (χ4n) is 2.05. The van der Waals surface area contributed by atoms with E-state index in [4.69, 9.17) is 5.11 Å². The van der Waals surface area contributed by atoms with Gasteiger partial charge in [0.15, 0.2) is 0 Å². The fourth-order valence-corrected chi connectivity index (χ4v) is 2.05. The highest BCUT2D eigenvalue weighted by Crippen LogP contribution is 2.34. The van der Waals surface area contributed by atoms with Crippen LogP contribution in [0.25, 0.3) is 0 Å². The second-order valence-electron chi connectivity index (χ2n) is 4.99. The van der Waals surface area contributed by atoms with Gasteiger partial charge in [0, 0.05) is 13.1 Å². The first-order valence-corrected chi connectivity index (χ1v) is 5.17. The number of aromatic carboxylic acids is 1. The van der Waals surface area contributed by atoms with Gasteiger partial charge in [0.25, 0.3) is 0 Å². The minimum atomic E-state index is -1.10. The van der Waals surface area contributed by atoms with Crippen LogP contribution in [0, 0.1) is 11.2 Å². The van der Waals surface area contributed by atoms with E-state index in [2.05, 4.69) is 13.8 Å². The number of benzene rings is 1. The Morgan fingerprint density at radius 1 is 1.44 bits per heavy atom. The van der Waals surface area contributed by atoms with Gasteiger partial charge in [0.05, 0.1) is 11.3 Å². The maximum absolute atomic E-state index is 13.6. The van der Waals surface area contributed by atoms with Gasteiger partial charge in [0.1, 0.15) is 5.82 Å². The van der Waals surface area contributed by atoms with E-state index in [-0.39, 0.29) is 11.0 Å². The molecule has 0 saturated carbocycles. The van der Waals surface area contributed by atoms with E-state index < -0.39 is 11.8 Å². The molecule has 0 spiro atoms. The predicted molar refractivity (Wildman–Crippen MR) is 59.4 cm³/mol. The molecule has 1 aliphatic rings. The van der Waals surface area contributed by atoms with Crippen molar-refractivity contribution in [1.29, 1.82) is 0 Å². The van der Waals surface area contributed by atoms with E-state index in [0.717, 1.165) is 19.2 Å². The average Bonchev–Trinajstić information content (AvgIpc) is 2.13. The Labute approximate surface area is 93.5 Å². The van der Waals surface area contributed by atoms with Crippen molar-refractivity contribution in [3.63, 3.8) is 0 Å². The largest absolute Gasteiger partial charge is 0.478 e. The lowest BCUT2D eigenvalue weighted by atomic mass is 9.84. The number of anilines is 1. The van der Waals surface area contributed by atoms with Crippen molar-refractivity contribution >= 4 is 11.7 Å². The van der Waals surface area contributed by atoms with Crippen molar-refractivity contribution < 1.29 is 14.3 Å². The van der Waals surface area contributed by atoms with E-state index in [1.807, 2.05) is 4.90 Å². The monoisotopic (exact) mass is 223 g/mol. The van der Waals surface area contributed by atoms with Crippen molar-refractivity contribution in [2.45, 2.75) is 13.8 Å². The van der Waals surface area contributed by atoms with Gasteiger partial charge in [-0.2, -0.15) is 0 Å². The number of nitrogens with zero attached hydrogens (tertiary/aromatic N) is 1. The van der Waals surface area contributed by atoms with Crippen LogP contribution in [-0.4, -0.2) is 24.2 Å². The third-order valence-electron chi connectivity index (χ3n) is 2.77. The van der Waals surface area contributed by atoms with Gasteiger partial charge >= 0.3 is 5.97 Å². The van der Waals surface area contributed by atoms with E-state index >= 15 is 0 Å². The Balaban J connectivity index is 2.21. The van der Waals surface area contributed by atoms with Gasteiger partial charge in [-0.25, -0.2) is 9.18 Å². The second-order valence-corrected chi connectivity index (χ2v) is 4.99. The number of carbonyl (C=O) groups is 1. The van der Waals surface area contributed by atoms with Crippen LogP contribution in [0.5, 0.6) is 0 Å². The zero-order valence-electron chi connectivity index (χ0n) is 9.33. The van der Waals surface area contributed by atoms with Crippen LogP contribution in [0.15, 0.2) is 18.2 Å². The Morgan fingerprint density at radius 2 is 2.06 bits per heavy atom. The molecule has 16 heavy (non-hydrogen) atoms. The summed E-state index contributed by atoms with van der Waals surface area (Å²) in [4.78, 5) is 12.6. The quantitative estimate of drug-likeness (QED) is 0.836. The molecule has 0 radical (unpaired) electrons. The van der Waals surface area contributed by atoms with Crippen molar-refractivity contribution in [1.82, 2.24) is 0 Å². The zero-order valence-corrected chi connectivity index (χ0v) is 9.33. The van der Waals surface area contributed by atoms with Crippen LogP contribution in [0.3, 0.4) is 0 Å². The van der Waals surface area contributed by atoms with Crippen molar-refractivity contribution in [2.75, 3.05) is 18.0 Å². The van der Waals surface area contributed by atoms with Gasteiger partial charge in [-0.15, -0.1) is 0 Å².